The maximum absolute atomic E-state index is 4.07. The van der Waals surface area contributed by atoms with Crippen molar-refractivity contribution in [2.45, 2.75) is 6.42 Å². The number of anilines is 3. The van der Waals surface area contributed by atoms with E-state index >= 15 is 0 Å². The number of hydrogen-bond donors (Lipinski definition) is 0. The number of nitrogens with zero attached hydrogens (tertiary/aromatic N) is 2. The lowest BCUT2D eigenvalue weighted by atomic mass is 10.0. The second-order valence-corrected chi connectivity index (χ2v) is 11.5. The molecule has 0 radical (unpaired) electrons. The maximum atomic E-state index is 4.07. The minimum absolute atomic E-state index is 0.639. The molecule has 7 rings (SSSR count). The Morgan fingerprint density at radius 1 is 0.727 bits per heavy atom. The van der Waals surface area contributed by atoms with Crippen LogP contribution in [0.5, 0.6) is 0 Å². The highest BCUT2D eigenvalue weighted by molar-refractivity contribution is 5.94. The van der Waals surface area contributed by atoms with Gasteiger partial charge >= 0.3 is 0 Å². The summed E-state index contributed by atoms with van der Waals surface area (Å²) in [7, 11) is 2.15. The van der Waals surface area contributed by atoms with Crippen LogP contribution in [0, 0.1) is 5.92 Å². The first-order valence-electron chi connectivity index (χ1n) is 15.3. The van der Waals surface area contributed by atoms with Gasteiger partial charge in [0.15, 0.2) is 0 Å². The SMILES string of the molecule is C=C/C=C(\C=C/CN(C)c1cccc2ccccc12)N(c1ccc(C2=CC=C3CC32)cc1)c1ccc(-c2ccccc2)cc1. The van der Waals surface area contributed by atoms with Crippen molar-refractivity contribution >= 4 is 33.4 Å². The van der Waals surface area contributed by atoms with Crippen LogP contribution in [0.25, 0.3) is 27.5 Å². The Kier molecular flexibility index (Phi) is 7.56. The third-order valence-corrected chi connectivity index (χ3v) is 8.66. The Hall–Kier alpha value is -5.34. The van der Waals surface area contributed by atoms with Gasteiger partial charge in [0.2, 0.25) is 0 Å². The van der Waals surface area contributed by atoms with E-state index in [9.17, 15) is 0 Å². The van der Waals surface area contributed by atoms with Crippen LogP contribution in [-0.4, -0.2) is 13.6 Å². The van der Waals surface area contributed by atoms with Gasteiger partial charge in [0, 0.05) is 47.7 Å². The molecule has 0 amide bonds. The summed E-state index contributed by atoms with van der Waals surface area (Å²) >= 11 is 0. The van der Waals surface area contributed by atoms with Crippen molar-refractivity contribution in [3.8, 4) is 11.1 Å². The molecule has 1 fully saturated rings. The fourth-order valence-corrected chi connectivity index (χ4v) is 6.26. The molecule has 0 bridgehead atoms. The molecule has 0 saturated heterocycles. The third kappa shape index (κ3) is 5.55. The number of allylic oxidation sites excluding steroid dienone is 7. The van der Waals surface area contributed by atoms with Crippen LogP contribution in [0.1, 0.15) is 12.0 Å². The predicted molar refractivity (Wildman–Crippen MR) is 189 cm³/mol. The zero-order valence-electron chi connectivity index (χ0n) is 25.1. The first-order valence-corrected chi connectivity index (χ1v) is 15.3. The lowest BCUT2D eigenvalue weighted by molar-refractivity contribution is 1.03. The molecule has 2 aliphatic rings. The summed E-state index contributed by atoms with van der Waals surface area (Å²) in [5.74, 6) is 0.639. The standard InChI is InChI=1S/C42H36N2/c1-3-11-36(16-10-29-43(2)42-18-9-15-33-14-7-8-17-40(33)42)44(37-24-19-32(20-25-37)31-12-5-4-6-13-31)38-26-21-34(22-27-38)39-28-23-35-30-41(35)39/h3-28,41H,1,29-30H2,2H3/b16-10-,36-11+. The number of benzene rings is 5. The lowest BCUT2D eigenvalue weighted by Crippen LogP contribution is -2.18. The van der Waals surface area contributed by atoms with E-state index in [4.69, 9.17) is 0 Å². The molecule has 2 heteroatoms. The molecule has 5 aromatic rings. The topological polar surface area (TPSA) is 6.48 Å². The smallest absolute Gasteiger partial charge is 0.0462 e. The molecule has 1 saturated carbocycles. The number of likely N-dealkylation sites (N-methyl/N-ethyl adjacent to an activating group) is 1. The molecule has 1 atom stereocenters. The quantitative estimate of drug-likeness (QED) is 0.155. The van der Waals surface area contributed by atoms with Crippen molar-refractivity contribution in [2.24, 2.45) is 5.92 Å². The zero-order valence-corrected chi connectivity index (χ0v) is 25.1. The Balaban J connectivity index is 1.20. The fraction of sp³-hybridized carbons (Fsp3) is 0.0952. The highest BCUT2D eigenvalue weighted by atomic mass is 15.1. The van der Waals surface area contributed by atoms with Crippen molar-refractivity contribution < 1.29 is 0 Å². The Morgan fingerprint density at radius 3 is 2.07 bits per heavy atom. The van der Waals surface area contributed by atoms with Gasteiger partial charge < -0.3 is 9.80 Å². The van der Waals surface area contributed by atoms with Gasteiger partial charge in [-0.1, -0.05) is 127 Å². The van der Waals surface area contributed by atoms with Crippen LogP contribution in [-0.2, 0) is 0 Å². The van der Waals surface area contributed by atoms with Gasteiger partial charge in [-0.2, -0.15) is 0 Å². The highest BCUT2D eigenvalue weighted by Gasteiger charge is 2.36. The Bertz CT molecular complexity index is 1920. The average Bonchev–Trinajstić information content (AvgIpc) is 3.74. The number of hydrogen-bond acceptors (Lipinski definition) is 2. The first kappa shape index (κ1) is 27.5. The minimum Gasteiger partial charge on any atom is -0.370 e. The van der Waals surface area contributed by atoms with Crippen LogP contribution in [0.2, 0.25) is 0 Å². The van der Waals surface area contributed by atoms with E-state index in [1.54, 1.807) is 5.57 Å². The summed E-state index contributed by atoms with van der Waals surface area (Å²) in [6.45, 7) is 4.84. The molecule has 0 heterocycles. The van der Waals surface area contributed by atoms with Gasteiger partial charge in [-0.25, -0.2) is 0 Å². The normalized spacial score (nSPS) is 15.6. The summed E-state index contributed by atoms with van der Waals surface area (Å²) < 4.78 is 0. The van der Waals surface area contributed by atoms with E-state index in [0.29, 0.717) is 5.92 Å². The first-order chi connectivity index (χ1) is 21.7. The summed E-state index contributed by atoms with van der Waals surface area (Å²) in [6.07, 6.45) is 14.2. The molecular weight excluding hydrogens is 532 g/mol. The second-order valence-electron chi connectivity index (χ2n) is 11.5. The average molecular weight is 569 g/mol. The van der Waals surface area contributed by atoms with Crippen LogP contribution in [0.3, 0.4) is 0 Å². The second kappa shape index (κ2) is 12.1. The summed E-state index contributed by atoms with van der Waals surface area (Å²) in [4.78, 5) is 4.62. The van der Waals surface area contributed by atoms with Crippen molar-refractivity contribution in [2.75, 3.05) is 23.4 Å². The third-order valence-electron chi connectivity index (χ3n) is 8.66. The van der Waals surface area contributed by atoms with E-state index in [0.717, 1.165) is 23.6 Å². The van der Waals surface area contributed by atoms with Gasteiger partial charge in [0.1, 0.15) is 0 Å². The van der Waals surface area contributed by atoms with Crippen LogP contribution < -0.4 is 9.80 Å². The Morgan fingerprint density at radius 2 is 1.39 bits per heavy atom. The minimum atomic E-state index is 0.639. The summed E-state index contributed by atoms with van der Waals surface area (Å²) in [5.41, 5.74) is 11.2. The van der Waals surface area contributed by atoms with E-state index in [2.05, 4.69) is 175 Å². The van der Waals surface area contributed by atoms with E-state index < -0.39 is 0 Å². The van der Waals surface area contributed by atoms with Gasteiger partial charge in [-0.15, -0.1) is 0 Å². The predicted octanol–water partition coefficient (Wildman–Crippen LogP) is 10.8. The molecule has 0 aliphatic heterocycles. The summed E-state index contributed by atoms with van der Waals surface area (Å²) in [5, 5.41) is 2.52. The van der Waals surface area contributed by atoms with Crippen molar-refractivity contribution in [3.05, 3.63) is 181 Å². The Labute approximate surface area is 260 Å². The van der Waals surface area contributed by atoms with Gasteiger partial charge in [-0.05, 0) is 76.6 Å². The number of fused-ring (bicyclic) bond motifs is 2. The van der Waals surface area contributed by atoms with Gasteiger partial charge in [0.25, 0.3) is 0 Å². The zero-order chi connectivity index (χ0) is 29.9. The molecule has 44 heavy (non-hydrogen) atoms. The summed E-state index contributed by atoms with van der Waals surface area (Å²) in [6, 6.07) is 43.5. The largest absolute Gasteiger partial charge is 0.370 e. The van der Waals surface area contributed by atoms with Crippen LogP contribution in [0.15, 0.2) is 176 Å². The molecule has 1 unspecified atom stereocenters. The van der Waals surface area contributed by atoms with Crippen molar-refractivity contribution in [1.29, 1.82) is 0 Å². The molecule has 0 spiro atoms. The van der Waals surface area contributed by atoms with Crippen molar-refractivity contribution in [1.82, 2.24) is 0 Å². The maximum Gasteiger partial charge on any atom is 0.0462 e. The van der Waals surface area contributed by atoms with Crippen molar-refractivity contribution in [3.63, 3.8) is 0 Å². The lowest BCUT2D eigenvalue weighted by Gasteiger charge is -2.27. The fourth-order valence-electron chi connectivity index (χ4n) is 6.26. The van der Waals surface area contributed by atoms with Crippen LogP contribution in [0.4, 0.5) is 17.1 Å². The molecule has 2 nitrogen and oxygen atoms in total. The van der Waals surface area contributed by atoms with Crippen LogP contribution >= 0.6 is 0 Å². The molecular formula is C42H36N2. The van der Waals surface area contributed by atoms with E-state index in [1.807, 2.05) is 6.08 Å². The highest BCUT2D eigenvalue weighted by Crippen LogP contribution is 2.51. The molecule has 2 aliphatic carbocycles. The molecule has 214 valence electrons. The van der Waals surface area contributed by atoms with E-state index in [-0.39, 0.29) is 0 Å². The van der Waals surface area contributed by atoms with Gasteiger partial charge in [-0.3, -0.25) is 0 Å². The number of rotatable bonds is 10. The monoisotopic (exact) mass is 568 g/mol. The van der Waals surface area contributed by atoms with Gasteiger partial charge in [0.05, 0.1) is 0 Å². The molecule has 5 aromatic carbocycles. The van der Waals surface area contributed by atoms with E-state index in [1.165, 1.54) is 45.1 Å². The molecule has 0 N–H and O–H groups in total. The molecule has 0 aromatic heterocycles.